The zero-order valence-electron chi connectivity index (χ0n) is 9.56. The molecule has 0 aliphatic rings. The maximum absolute atomic E-state index is 13.3. The first-order valence-electron chi connectivity index (χ1n) is 5.29. The van der Waals surface area contributed by atoms with Gasteiger partial charge in [-0.15, -0.1) is 11.6 Å². The van der Waals surface area contributed by atoms with Gasteiger partial charge in [-0.05, 0) is 29.9 Å². The summed E-state index contributed by atoms with van der Waals surface area (Å²) >= 11 is 6.24. The first-order chi connectivity index (χ1) is 6.91. The zero-order valence-corrected chi connectivity index (χ0v) is 10.3. The van der Waals surface area contributed by atoms with E-state index >= 15 is 0 Å². The summed E-state index contributed by atoms with van der Waals surface area (Å²) < 4.78 is 13.3. The molecule has 0 nitrogen and oxygen atoms in total. The Balaban J connectivity index is 2.55. The summed E-state index contributed by atoms with van der Waals surface area (Å²) in [5.74, 6) is -0.129. The molecule has 2 heteroatoms. The van der Waals surface area contributed by atoms with Crippen LogP contribution in [0.3, 0.4) is 0 Å². The Morgan fingerprint density at radius 3 is 2.40 bits per heavy atom. The van der Waals surface area contributed by atoms with Gasteiger partial charge in [0.1, 0.15) is 5.82 Å². The lowest BCUT2D eigenvalue weighted by molar-refractivity contribution is 0.373. The first-order valence-corrected chi connectivity index (χ1v) is 5.72. The maximum atomic E-state index is 13.3. The molecule has 0 heterocycles. The molecule has 1 atom stereocenters. The van der Waals surface area contributed by atoms with Crippen LogP contribution in [0.1, 0.15) is 32.8 Å². The van der Waals surface area contributed by atoms with Crippen molar-refractivity contribution in [2.24, 2.45) is 5.41 Å². The van der Waals surface area contributed by atoms with Crippen molar-refractivity contribution < 1.29 is 4.39 Å². The maximum Gasteiger partial charge on any atom is 0.126 e. The van der Waals surface area contributed by atoms with Crippen LogP contribution < -0.4 is 0 Å². The summed E-state index contributed by atoms with van der Waals surface area (Å²) in [6.45, 7) is 6.31. The largest absolute Gasteiger partial charge is 0.207 e. The number of halogens is 2. The molecule has 0 saturated heterocycles. The second kappa shape index (κ2) is 4.98. The highest BCUT2D eigenvalue weighted by Crippen LogP contribution is 2.28. The van der Waals surface area contributed by atoms with Crippen molar-refractivity contribution in [1.82, 2.24) is 0 Å². The fourth-order valence-corrected chi connectivity index (χ4v) is 1.53. The second-order valence-corrected chi connectivity index (χ2v) is 5.49. The average Bonchev–Trinajstić information content (AvgIpc) is 2.14. The fourth-order valence-electron chi connectivity index (χ4n) is 1.42. The van der Waals surface area contributed by atoms with Crippen LogP contribution in [0.5, 0.6) is 0 Å². The fraction of sp³-hybridized carbons (Fsp3) is 0.538. The lowest BCUT2D eigenvalue weighted by atomic mass is 9.88. The van der Waals surface area contributed by atoms with Crippen molar-refractivity contribution in [3.8, 4) is 0 Å². The van der Waals surface area contributed by atoms with Gasteiger partial charge in [0.15, 0.2) is 0 Å². The van der Waals surface area contributed by atoms with E-state index in [9.17, 15) is 4.39 Å². The van der Waals surface area contributed by atoms with E-state index in [4.69, 9.17) is 11.6 Å². The summed E-state index contributed by atoms with van der Waals surface area (Å²) in [7, 11) is 0. The topological polar surface area (TPSA) is 0 Å². The quantitative estimate of drug-likeness (QED) is 0.673. The molecule has 0 aromatic heterocycles. The van der Waals surface area contributed by atoms with Crippen molar-refractivity contribution >= 4 is 11.6 Å². The third-order valence-electron chi connectivity index (χ3n) is 2.56. The molecule has 0 bridgehead atoms. The number of alkyl halides is 1. The van der Waals surface area contributed by atoms with Gasteiger partial charge in [0.25, 0.3) is 0 Å². The molecular weight excluding hydrogens is 211 g/mol. The molecule has 1 aromatic carbocycles. The van der Waals surface area contributed by atoms with Gasteiger partial charge < -0.3 is 0 Å². The molecule has 0 amide bonds. The number of aryl methyl sites for hydroxylation is 1. The molecule has 0 aliphatic heterocycles. The Kier molecular flexibility index (Phi) is 4.15. The monoisotopic (exact) mass is 228 g/mol. The minimum absolute atomic E-state index is 0.0762. The summed E-state index contributed by atoms with van der Waals surface area (Å²) in [4.78, 5) is 0. The normalized spacial score (nSPS) is 13.9. The van der Waals surface area contributed by atoms with Crippen molar-refractivity contribution in [3.63, 3.8) is 0 Å². The first kappa shape index (κ1) is 12.5. The SMILES string of the molecule is CC(C)(C)C(Cl)CCc1ccccc1F. The van der Waals surface area contributed by atoms with E-state index in [0.29, 0.717) is 6.42 Å². The predicted molar refractivity (Wildman–Crippen MR) is 63.8 cm³/mol. The van der Waals surface area contributed by atoms with Gasteiger partial charge in [-0.2, -0.15) is 0 Å². The van der Waals surface area contributed by atoms with E-state index in [2.05, 4.69) is 20.8 Å². The molecule has 1 aromatic rings. The summed E-state index contributed by atoms with van der Waals surface area (Å²) in [5, 5.41) is 0.0807. The van der Waals surface area contributed by atoms with Crippen LogP contribution in [0.2, 0.25) is 0 Å². The van der Waals surface area contributed by atoms with Crippen molar-refractivity contribution in [1.29, 1.82) is 0 Å². The van der Waals surface area contributed by atoms with Gasteiger partial charge in [0.05, 0.1) is 0 Å². The van der Waals surface area contributed by atoms with Gasteiger partial charge in [-0.3, -0.25) is 0 Å². The van der Waals surface area contributed by atoms with Crippen LogP contribution in [-0.2, 0) is 6.42 Å². The molecule has 0 aliphatic carbocycles. The van der Waals surface area contributed by atoms with Crippen LogP contribution in [0, 0.1) is 11.2 Å². The molecule has 0 radical (unpaired) electrons. The third kappa shape index (κ3) is 3.83. The van der Waals surface area contributed by atoms with Gasteiger partial charge >= 0.3 is 0 Å². The Labute approximate surface area is 96.5 Å². The molecule has 1 rings (SSSR count). The molecule has 15 heavy (non-hydrogen) atoms. The molecule has 0 spiro atoms. The van der Waals surface area contributed by atoms with Crippen molar-refractivity contribution in [2.45, 2.75) is 39.0 Å². The number of benzene rings is 1. The van der Waals surface area contributed by atoms with E-state index in [-0.39, 0.29) is 16.6 Å². The highest BCUT2D eigenvalue weighted by Gasteiger charge is 2.21. The second-order valence-electron chi connectivity index (χ2n) is 4.96. The summed E-state index contributed by atoms with van der Waals surface area (Å²) in [6.07, 6.45) is 1.52. The molecule has 0 saturated carbocycles. The third-order valence-corrected chi connectivity index (χ3v) is 3.44. The van der Waals surface area contributed by atoms with E-state index in [1.54, 1.807) is 6.07 Å². The standard InChI is InChI=1S/C13H18ClF/c1-13(2,3)12(14)9-8-10-6-4-5-7-11(10)15/h4-7,12H,8-9H2,1-3H3. The zero-order chi connectivity index (χ0) is 11.5. The Bertz CT molecular complexity index is 315. The summed E-state index contributed by atoms with van der Waals surface area (Å²) in [5.41, 5.74) is 0.833. The predicted octanol–water partition coefficient (Wildman–Crippen LogP) is 4.41. The number of rotatable bonds is 3. The van der Waals surface area contributed by atoms with Crippen molar-refractivity contribution in [2.75, 3.05) is 0 Å². The smallest absolute Gasteiger partial charge is 0.126 e. The average molecular weight is 229 g/mol. The minimum atomic E-state index is -0.129. The number of hydrogen-bond donors (Lipinski definition) is 0. The van der Waals surface area contributed by atoms with E-state index in [1.165, 1.54) is 6.07 Å². The van der Waals surface area contributed by atoms with Crippen LogP contribution in [0.4, 0.5) is 4.39 Å². The molecule has 0 N–H and O–H groups in total. The molecule has 1 unspecified atom stereocenters. The highest BCUT2D eigenvalue weighted by atomic mass is 35.5. The van der Waals surface area contributed by atoms with E-state index in [1.807, 2.05) is 12.1 Å². The van der Waals surface area contributed by atoms with Gasteiger partial charge in [-0.1, -0.05) is 39.0 Å². The molecule has 84 valence electrons. The number of hydrogen-bond acceptors (Lipinski definition) is 0. The minimum Gasteiger partial charge on any atom is -0.207 e. The van der Waals surface area contributed by atoms with Gasteiger partial charge in [-0.25, -0.2) is 4.39 Å². The van der Waals surface area contributed by atoms with Crippen molar-refractivity contribution in [3.05, 3.63) is 35.6 Å². The lowest BCUT2D eigenvalue weighted by Crippen LogP contribution is -2.21. The Morgan fingerprint density at radius 1 is 1.27 bits per heavy atom. The van der Waals surface area contributed by atoms with Crippen LogP contribution >= 0.6 is 11.6 Å². The van der Waals surface area contributed by atoms with Gasteiger partial charge in [0.2, 0.25) is 0 Å². The molecule has 0 fully saturated rings. The molecular formula is C13H18ClF. The van der Waals surface area contributed by atoms with Crippen LogP contribution in [0.15, 0.2) is 24.3 Å². The van der Waals surface area contributed by atoms with Crippen LogP contribution in [-0.4, -0.2) is 5.38 Å². The Hall–Kier alpha value is -0.560. The van der Waals surface area contributed by atoms with E-state index < -0.39 is 0 Å². The van der Waals surface area contributed by atoms with Gasteiger partial charge in [0, 0.05) is 5.38 Å². The Morgan fingerprint density at radius 2 is 1.87 bits per heavy atom. The summed E-state index contributed by atoms with van der Waals surface area (Å²) in [6, 6.07) is 6.89. The highest BCUT2D eigenvalue weighted by molar-refractivity contribution is 6.21. The lowest BCUT2D eigenvalue weighted by Gasteiger charge is -2.25. The van der Waals surface area contributed by atoms with Crippen LogP contribution in [0.25, 0.3) is 0 Å². The van der Waals surface area contributed by atoms with E-state index in [0.717, 1.165) is 12.0 Å².